The first-order valence-electron chi connectivity index (χ1n) is 9.74. The van der Waals surface area contributed by atoms with Gasteiger partial charge in [-0.25, -0.2) is 4.79 Å². The summed E-state index contributed by atoms with van der Waals surface area (Å²) in [5, 5.41) is 15.3. The number of hydrogen-bond donors (Lipinski definition) is 2. The van der Waals surface area contributed by atoms with Crippen molar-refractivity contribution in [3.63, 3.8) is 0 Å². The van der Waals surface area contributed by atoms with Crippen LogP contribution in [0.15, 0.2) is 41.7 Å². The van der Waals surface area contributed by atoms with E-state index in [9.17, 15) is 19.6 Å². The number of carbonyl (C=O) groups excluding carboxylic acids is 2. The Morgan fingerprint density at radius 1 is 1.34 bits per heavy atom. The highest BCUT2D eigenvalue weighted by Gasteiger charge is 2.16. The lowest BCUT2D eigenvalue weighted by molar-refractivity contribution is -0.135. The largest absolute Gasteiger partial charge is 0.457 e. The van der Waals surface area contributed by atoms with Crippen molar-refractivity contribution in [3.05, 3.63) is 56.5 Å². The zero-order valence-corrected chi connectivity index (χ0v) is 19.0. The molecule has 1 heterocycles. The van der Waals surface area contributed by atoms with Crippen molar-refractivity contribution in [1.29, 1.82) is 5.26 Å². The van der Waals surface area contributed by atoms with Crippen molar-refractivity contribution < 1.29 is 14.3 Å². The van der Waals surface area contributed by atoms with Gasteiger partial charge in [0.15, 0.2) is 5.57 Å². The summed E-state index contributed by atoms with van der Waals surface area (Å²) < 4.78 is 6.85. The molecule has 168 valence electrons. The molecule has 10 heteroatoms. The zero-order chi connectivity index (χ0) is 23.7. The van der Waals surface area contributed by atoms with Gasteiger partial charge in [-0.15, -0.1) is 11.3 Å². The highest BCUT2D eigenvalue weighted by atomic mass is 32.1. The molecule has 0 aliphatic carbocycles. The van der Waals surface area contributed by atoms with E-state index in [2.05, 4.69) is 17.2 Å². The predicted molar refractivity (Wildman–Crippen MR) is 125 cm³/mol. The summed E-state index contributed by atoms with van der Waals surface area (Å²) in [5.41, 5.74) is 0.693. The second kappa shape index (κ2) is 11.6. The van der Waals surface area contributed by atoms with Gasteiger partial charge >= 0.3 is 5.97 Å². The van der Waals surface area contributed by atoms with E-state index in [4.69, 9.17) is 4.74 Å². The summed E-state index contributed by atoms with van der Waals surface area (Å²) in [5.74, 6) is -0.954. The number of nitrogens with zero attached hydrogens (tertiary/aromatic N) is 3. The molecule has 0 saturated carbocycles. The van der Waals surface area contributed by atoms with Gasteiger partial charge in [-0.3, -0.25) is 14.2 Å². The molecule has 1 aromatic carbocycles. The Morgan fingerprint density at radius 2 is 2.06 bits per heavy atom. The van der Waals surface area contributed by atoms with Crippen LogP contribution in [0.25, 0.3) is 11.8 Å². The lowest BCUT2D eigenvalue weighted by Crippen LogP contribution is -2.32. The lowest BCUT2D eigenvalue weighted by Gasteiger charge is -2.10. The molecule has 1 aromatic heterocycles. The molecule has 32 heavy (non-hydrogen) atoms. The molecule has 0 radical (unpaired) electrons. The normalized spacial score (nSPS) is 12.2. The second-order valence-electron chi connectivity index (χ2n) is 6.85. The maximum atomic E-state index is 12.8. The number of amides is 1. The monoisotopic (exact) mass is 455 g/mol. The summed E-state index contributed by atoms with van der Waals surface area (Å²) in [7, 11) is 3.61. The second-order valence-corrected chi connectivity index (χ2v) is 7.88. The van der Waals surface area contributed by atoms with E-state index in [1.54, 1.807) is 50.2 Å². The van der Waals surface area contributed by atoms with Gasteiger partial charge < -0.3 is 20.3 Å². The Hall–Kier alpha value is -3.68. The van der Waals surface area contributed by atoms with Crippen molar-refractivity contribution in [1.82, 2.24) is 9.47 Å². The van der Waals surface area contributed by atoms with Crippen LogP contribution in [-0.2, 0) is 20.9 Å². The summed E-state index contributed by atoms with van der Waals surface area (Å²) in [6.45, 7) is 5.72. The summed E-state index contributed by atoms with van der Waals surface area (Å²) in [6, 6.07) is 8.88. The lowest BCUT2D eigenvalue weighted by atomic mass is 10.2. The smallest absolute Gasteiger partial charge is 0.352 e. The van der Waals surface area contributed by atoms with E-state index < -0.39 is 5.97 Å². The topological polar surface area (TPSA) is 116 Å². The maximum absolute atomic E-state index is 12.8. The fourth-order valence-electron chi connectivity index (χ4n) is 2.70. The van der Waals surface area contributed by atoms with E-state index in [1.807, 2.05) is 6.07 Å². The standard InChI is InChI=1S/C22H25N5O4S/c1-5-10-31-22(30)17(12-23)21-27(6-2)20(29)18(32-21)13-24-15-8-7-9-16(11-15)25-19(28)14-26(3)4/h5,7-9,11,13,24H,1,6,10,14H2,2-4H3,(H,25,28). The number of anilines is 2. The van der Waals surface area contributed by atoms with Gasteiger partial charge in [0.05, 0.1) is 6.54 Å². The summed E-state index contributed by atoms with van der Waals surface area (Å²) in [6.07, 6.45) is 2.90. The molecule has 2 rings (SSSR count). The number of nitriles is 1. The fourth-order valence-corrected chi connectivity index (χ4v) is 3.78. The van der Waals surface area contributed by atoms with Crippen molar-refractivity contribution in [3.8, 4) is 6.07 Å². The van der Waals surface area contributed by atoms with E-state index in [-0.39, 0.29) is 41.4 Å². The van der Waals surface area contributed by atoms with Crippen LogP contribution in [0.3, 0.4) is 0 Å². The highest BCUT2D eigenvalue weighted by Crippen LogP contribution is 2.15. The minimum absolute atomic E-state index is 0.0340. The fraction of sp³-hybridized carbons (Fsp3) is 0.273. The van der Waals surface area contributed by atoms with Crippen LogP contribution in [0, 0.1) is 11.3 Å². The Labute approximate surface area is 189 Å². The third-order valence-electron chi connectivity index (χ3n) is 4.06. The average Bonchev–Trinajstić information content (AvgIpc) is 3.06. The third kappa shape index (κ3) is 6.41. The number of nitrogens with one attached hydrogen (secondary N) is 2. The molecule has 9 nitrogen and oxygen atoms in total. The Bertz CT molecular complexity index is 1220. The first kappa shape index (κ1) is 24.6. The van der Waals surface area contributed by atoms with Gasteiger partial charge in [-0.1, -0.05) is 18.7 Å². The molecule has 1 amide bonds. The van der Waals surface area contributed by atoms with Crippen LogP contribution in [0.4, 0.5) is 11.4 Å². The quantitative estimate of drug-likeness (QED) is 0.422. The average molecular weight is 456 g/mol. The Morgan fingerprint density at radius 3 is 2.69 bits per heavy atom. The number of esters is 1. The molecule has 0 aliphatic heterocycles. The van der Waals surface area contributed by atoms with Gasteiger partial charge in [-0.05, 0) is 39.2 Å². The molecule has 0 saturated heterocycles. The number of benzene rings is 1. The van der Waals surface area contributed by atoms with E-state index >= 15 is 0 Å². The van der Waals surface area contributed by atoms with Crippen LogP contribution in [0.2, 0.25) is 0 Å². The van der Waals surface area contributed by atoms with Gasteiger partial charge in [0.2, 0.25) is 5.91 Å². The van der Waals surface area contributed by atoms with E-state index in [1.165, 1.54) is 16.8 Å². The van der Waals surface area contributed by atoms with Gasteiger partial charge in [0.1, 0.15) is 21.9 Å². The van der Waals surface area contributed by atoms with Crippen molar-refractivity contribution >= 4 is 46.4 Å². The number of likely N-dealkylation sites (N-methyl/N-ethyl adjacent to an activating group) is 1. The number of thiazole rings is 1. The summed E-state index contributed by atoms with van der Waals surface area (Å²) >= 11 is 1.02. The van der Waals surface area contributed by atoms with E-state index in [0.717, 1.165) is 11.3 Å². The molecular weight excluding hydrogens is 430 g/mol. The number of rotatable bonds is 9. The van der Waals surface area contributed by atoms with Crippen molar-refractivity contribution in [2.75, 3.05) is 37.9 Å². The number of ether oxygens (including phenoxy) is 1. The molecule has 0 bridgehead atoms. The molecule has 0 atom stereocenters. The zero-order valence-electron chi connectivity index (χ0n) is 18.2. The minimum Gasteiger partial charge on any atom is -0.457 e. The van der Waals surface area contributed by atoms with Crippen LogP contribution < -0.4 is 25.4 Å². The number of carbonyl (C=O) groups is 2. The van der Waals surface area contributed by atoms with Crippen molar-refractivity contribution in [2.45, 2.75) is 13.5 Å². The molecule has 0 spiro atoms. The van der Waals surface area contributed by atoms with Crippen LogP contribution >= 0.6 is 11.3 Å². The maximum Gasteiger partial charge on any atom is 0.352 e. The number of hydrogen-bond acceptors (Lipinski definition) is 8. The first-order chi connectivity index (χ1) is 15.3. The molecule has 2 aromatic rings. The molecule has 0 aliphatic rings. The minimum atomic E-state index is -0.809. The van der Waals surface area contributed by atoms with Crippen LogP contribution in [0.5, 0.6) is 0 Å². The molecule has 2 N–H and O–H groups in total. The summed E-state index contributed by atoms with van der Waals surface area (Å²) in [4.78, 5) is 38.7. The molecular formula is C22H25N5O4S. The van der Waals surface area contributed by atoms with Crippen molar-refractivity contribution in [2.24, 2.45) is 0 Å². The van der Waals surface area contributed by atoms with Gasteiger partial charge in [0, 0.05) is 24.1 Å². The SMILES string of the molecule is C=CCOC(=O)C(C#N)=c1sc(=CNc2cccc(NC(=O)CN(C)C)c2)c(=O)n1CC. The van der Waals surface area contributed by atoms with E-state index in [0.29, 0.717) is 15.9 Å². The molecule has 0 unspecified atom stereocenters. The van der Waals surface area contributed by atoms with Crippen LogP contribution in [-0.4, -0.2) is 48.6 Å². The Kier molecular flexibility index (Phi) is 8.95. The van der Waals surface area contributed by atoms with Gasteiger partial charge in [0.25, 0.3) is 5.56 Å². The number of aromatic nitrogens is 1. The van der Waals surface area contributed by atoms with Crippen LogP contribution in [0.1, 0.15) is 6.92 Å². The Balaban J connectivity index is 2.38. The first-order valence-corrected chi connectivity index (χ1v) is 10.6. The highest BCUT2D eigenvalue weighted by molar-refractivity contribution is 7.07. The third-order valence-corrected chi connectivity index (χ3v) is 5.19. The predicted octanol–water partition coefficient (Wildman–Crippen LogP) is 0.683. The van der Waals surface area contributed by atoms with Gasteiger partial charge in [-0.2, -0.15) is 5.26 Å². The molecule has 0 fully saturated rings.